The first-order valence-electron chi connectivity index (χ1n) is 3.47. The van der Waals surface area contributed by atoms with Crippen molar-refractivity contribution in [1.29, 1.82) is 0 Å². The highest BCUT2D eigenvalue weighted by Gasteiger charge is 1.96. The number of carbonyl (C=O) groups excluding carboxylic acids is 2. The van der Waals surface area contributed by atoms with Crippen molar-refractivity contribution in [3.05, 3.63) is 0 Å². The maximum absolute atomic E-state index is 10.2. The first-order valence-corrected chi connectivity index (χ1v) is 4.41. The van der Waals surface area contributed by atoms with Crippen molar-refractivity contribution in [2.45, 2.75) is 13.3 Å². The van der Waals surface area contributed by atoms with Crippen molar-refractivity contribution in [2.75, 3.05) is 12.9 Å². The summed E-state index contributed by atoms with van der Waals surface area (Å²) < 4.78 is 12.4. The quantitative estimate of drug-likeness (QED) is 0.411. The zero-order chi connectivity index (χ0) is 12.0. The fourth-order valence-electron chi connectivity index (χ4n) is 0.231. The Kier molecular flexibility index (Phi) is 23.6. The zero-order valence-electron chi connectivity index (χ0n) is 8.23. The Morgan fingerprint density at radius 2 is 1.86 bits per heavy atom. The third-order valence-electron chi connectivity index (χ3n) is 0.625. The molecule has 0 atom stereocenters. The van der Waals surface area contributed by atoms with E-state index in [1.807, 2.05) is 0 Å². The topological polar surface area (TPSA) is 89.6 Å². The van der Waals surface area contributed by atoms with Crippen molar-refractivity contribution in [3.63, 3.8) is 0 Å². The monoisotopic (exact) mass is 221 g/mol. The zero-order valence-corrected chi connectivity index (χ0v) is 9.04. The van der Waals surface area contributed by atoms with Crippen LogP contribution in [0.1, 0.15) is 13.3 Å². The molecule has 3 N–H and O–H groups in total. The molecule has 5 nitrogen and oxygen atoms in total. The number of methoxy groups -OCH3 is 1. The van der Waals surface area contributed by atoms with Crippen LogP contribution in [0.2, 0.25) is 0 Å². The predicted octanol–water partition coefficient (Wildman–Crippen LogP) is 0.497. The number of ether oxygens (including phenoxy) is 1. The molecule has 6 heteroatoms. The number of rotatable bonds is 3. The molecule has 0 rings (SSSR count). The van der Waals surface area contributed by atoms with E-state index in [9.17, 15) is 9.59 Å². The molecule has 0 aromatic heterocycles. The van der Waals surface area contributed by atoms with Gasteiger partial charge < -0.3 is 15.0 Å². The van der Waals surface area contributed by atoms with E-state index in [2.05, 4.69) is 23.3 Å². The van der Waals surface area contributed by atoms with Crippen molar-refractivity contribution in [2.24, 2.45) is 5.73 Å². The van der Waals surface area contributed by atoms with Gasteiger partial charge in [0.25, 0.3) is 0 Å². The minimum atomic E-state index is -0.333. The Hall–Kier alpha value is -1.19. The normalized spacial score (nSPS) is 6.93. The second-order valence-electron chi connectivity index (χ2n) is 1.77. The van der Waals surface area contributed by atoms with Gasteiger partial charge in [0.1, 0.15) is 0 Å². The van der Waals surface area contributed by atoms with Gasteiger partial charge in [-0.25, -0.2) is 0 Å². The molecule has 0 aromatic rings. The highest BCUT2D eigenvalue weighted by Crippen LogP contribution is 1.94. The van der Waals surface area contributed by atoms with Crippen LogP contribution in [-0.4, -0.2) is 29.3 Å². The number of hydrogen-bond donors (Lipinski definition) is 2. The molecule has 0 unspecified atom stereocenters. The third kappa shape index (κ3) is 45.0. The molecular weight excluding hydrogens is 206 g/mol. The van der Waals surface area contributed by atoms with Gasteiger partial charge in [0.15, 0.2) is 0 Å². The fraction of sp³-hybridized carbons (Fsp3) is 0.500. The molecule has 0 heterocycles. The molecule has 0 bridgehead atoms. The van der Waals surface area contributed by atoms with Crippen molar-refractivity contribution < 1.29 is 18.9 Å². The van der Waals surface area contributed by atoms with Crippen LogP contribution in [0.25, 0.3) is 0 Å². The van der Waals surface area contributed by atoms with Crippen molar-refractivity contribution in [3.8, 4) is 12.8 Å². The lowest BCUT2D eigenvalue weighted by Gasteiger charge is -1.92. The summed E-state index contributed by atoms with van der Waals surface area (Å²) in [6.45, 7) is 1.31. The standard InChI is InChI=1S/C4H8O3S.C2H5NO.C2H2/c1-7-4(5)2-3-8-6;1-2(3)4;1-2/h6H,2-3H2,1H3;1H3,(H2,3,4);1-2H. The molecule has 0 spiro atoms. The van der Waals surface area contributed by atoms with E-state index < -0.39 is 0 Å². The van der Waals surface area contributed by atoms with Crippen LogP contribution in [0.4, 0.5) is 0 Å². The van der Waals surface area contributed by atoms with Crippen molar-refractivity contribution in [1.82, 2.24) is 0 Å². The average Bonchev–Trinajstić information content (AvgIpc) is 2.16. The molecular formula is C8H15NO4S. The number of nitrogens with two attached hydrogens (primary N) is 1. The molecule has 1 amide bonds. The van der Waals surface area contributed by atoms with Crippen LogP contribution in [-0.2, 0) is 14.3 Å². The van der Waals surface area contributed by atoms with E-state index in [4.69, 9.17) is 4.55 Å². The highest BCUT2D eigenvalue weighted by atomic mass is 32.2. The number of esters is 1. The number of primary amides is 1. The molecule has 0 aliphatic heterocycles. The van der Waals surface area contributed by atoms with Gasteiger partial charge in [-0.15, -0.1) is 12.8 Å². The summed E-state index contributed by atoms with van der Waals surface area (Å²) in [5, 5.41) is 0. The van der Waals surface area contributed by atoms with Gasteiger partial charge >= 0.3 is 5.97 Å². The molecule has 0 saturated carbocycles. The van der Waals surface area contributed by atoms with Gasteiger partial charge in [-0.2, -0.15) is 0 Å². The van der Waals surface area contributed by atoms with Crippen LogP contribution < -0.4 is 5.73 Å². The highest BCUT2D eigenvalue weighted by molar-refractivity contribution is 7.93. The lowest BCUT2D eigenvalue weighted by molar-refractivity contribution is -0.140. The molecule has 82 valence electrons. The van der Waals surface area contributed by atoms with E-state index in [-0.39, 0.29) is 18.3 Å². The molecule has 0 fully saturated rings. The summed E-state index contributed by atoms with van der Waals surface area (Å²) in [5.74, 6) is -0.210. The Labute approximate surface area is 88.2 Å². The SMILES string of the molecule is C#C.CC(N)=O.COC(=O)CCSO. The van der Waals surface area contributed by atoms with Crippen LogP contribution in [0.15, 0.2) is 0 Å². The molecule has 0 aliphatic rings. The minimum absolute atomic E-state index is 0.275. The number of amides is 1. The van der Waals surface area contributed by atoms with Gasteiger partial charge in [-0.3, -0.25) is 9.59 Å². The van der Waals surface area contributed by atoms with Crippen LogP contribution >= 0.6 is 12.0 Å². The van der Waals surface area contributed by atoms with Crippen LogP contribution in [0.5, 0.6) is 0 Å². The Morgan fingerprint density at radius 3 is 2.07 bits per heavy atom. The number of terminal acetylenes is 1. The summed E-state index contributed by atoms with van der Waals surface area (Å²) in [4.78, 5) is 19.4. The molecule has 0 radical (unpaired) electrons. The fourth-order valence-corrected chi connectivity index (χ4v) is 0.489. The smallest absolute Gasteiger partial charge is 0.306 e. The van der Waals surface area contributed by atoms with E-state index in [0.29, 0.717) is 17.8 Å². The Morgan fingerprint density at radius 1 is 1.50 bits per heavy atom. The first kappa shape index (κ1) is 18.6. The first-order chi connectivity index (χ1) is 6.54. The second-order valence-corrected chi connectivity index (χ2v) is 2.44. The Balaban J connectivity index is -0.000000170. The minimum Gasteiger partial charge on any atom is -0.469 e. The van der Waals surface area contributed by atoms with Crippen molar-refractivity contribution >= 4 is 23.9 Å². The van der Waals surface area contributed by atoms with Crippen LogP contribution in [0, 0.1) is 12.8 Å². The van der Waals surface area contributed by atoms with Gasteiger partial charge in [-0.05, 0) is 12.0 Å². The molecule has 0 saturated heterocycles. The summed E-state index contributed by atoms with van der Waals surface area (Å²) in [6.07, 6.45) is 8.28. The van der Waals surface area contributed by atoms with Gasteiger partial charge in [0.05, 0.1) is 13.5 Å². The van der Waals surface area contributed by atoms with Gasteiger partial charge in [0.2, 0.25) is 5.91 Å². The van der Waals surface area contributed by atoms with Crippen LogP contribution in [0.3, 0.4) is 0 Å². The summed E-state index contributed by atoms with van der Waals surface area (Å²) >= 11 is 0.644. The van der Waals surface area contributed by atoms with E-state index >= 15 is 0 Å². The van der Waals surface area contributed by atoms with Gasteiger partial charge in [0, 0.05) is 12.7 Å². The van der Waals surface area contributed by atoms with E-state index in [0.717, 1.165) is 0 Å². The number of hydrogen-bond acceptors (Lipinski definition) is 5. The maximum Gasteiger partial charge on any atom is 0.306 e. The summed E-state index contributed by atoms with van der Waals surface area (Å²) in [6, 6.07) is 0. The lowest BCUT2D eigenvalue weighted by Crippen LogP contribution is -2.01. The molecule has 14 heavy (non-hydrogen) atoms. The number of carbonyl (C=O) groups is 2. The second kappa shape index (κ2) is 17.8. The average molecular weight is 221 g/mol. The van der Waals surface area contributed by atoms with E-state index in [1.165, 1.54) is 14.0 Å². The largest absolute Gasteiger partial charge is 0.469 e. The van der Waals surface area contributed by atoms with E-state index in [1.54, 1.807) is 0 Å². The molecule has 0 aromatic carbocycles. The maximum atomic E-state index is 10.2. The summed E-state index contributed by atoms with van der Waals surface area (Å²) in [5.41, 5.74) is 4.47. The summed E-state index contributed by atoms with van der Waals surface area (Å²) in [7, 11) is 1.32. The van der Waals surface area contributed by atoms with Gasteiger partial charge in [-0.1, -0.05) is 0 Å². The Bertz CT molecular complexity index is 166. The lowest BCUT2D eigenvalue weighted by atomic mass is 10.5. The third-order valence-corrected chi connectivity index (χ3v) is 1.01. The molecule has 0 aliphatic carbocycles. The predicted molar refractivity (Wildman–Crippen MR) is 56.5 cm³/mol.